The van der Waals surface area contributed by atoms with Crippen LogP contribution in [0.3, 0.4) is 0 Å². The maximum atomic E-state index is 12.8. The van der Waals surface area contributed by atoms with E-state index in [9.17, 15) is 13.2 Å². The minimum absolute atomic E-state index is 0.0896. The number of thioether (sulfide) groups is 1. The van der Waals surface area contributed by atoms with Crippen LogP contribution in [0.5, 0.6) is 0 Å². The first-order valence-electron chi connectivity index (χ1n) is 10.4. The zero-order valence-electron chi connectivity index (χ0n) is 16.8. The van der Waals surface area contributed by atoms with E-state index in [1.807, 2.05) is 4.90 Å². The molecule has 2 aliphatic rings. The van der Waals surface area contributed by atoms with Gasteiger partial charge in [-0.15, -0.1) is 10.2 Å². The van der Waals surface area contributed by atoms with E-state index in [-0.39, 0.29) is 16.6 Å². The lowest BCUT2D eigenvalue weighted by Gasteiger charge is -2.26. The van der Waals surface area contributed by atoms with Crippen molar-refractivity contribution < 1.29 is 17.6 Å². The minimum atomic E-state index is -3.46. The van der Waals surface area contributed by atoms with E-state index in [0.29, 0.717) is 29.8 Å². The highest BCUT2D eigenvalue weighted by Crippen LogP contribution is 2.26. The van der Waals surface area contributed by atoms with E-state index in [1.165, 1.54) is 18.2 Å². The summed E-state index contributed by atoms with van der Waals surface area (Å²) in [7, 11) is -3.46. The summed E-state index contributed by atoms with van der Waals surface area (Å²) in [4.78, 5) is 14.4. The number of amides is 1. The number of likely N-dealkylation sites (tertiary alicyclic amines) is 1. The number of rotatable bonds is 6. The molecule has 3 heterocycles. The van der Waals surface area contributed by atoms with Gasteiger partial charge in [0.15, 0.2) is 0 Å². The van der Waals surface area contributed by atoms with Gasteiger partial charge in [-0.2, -0.15) is 4.31 Å². The van der Waals surface area contributed by atoms with Crippen LogP contribution in [0.4, 0.5) is 0 Å². The number of piperidine rings is 2. The van der Waals surface area contributed by atoms with Crippen molar-refractivity contribution in [3.05, 3.63) is 24.3 Å². The molecular formula is C20H26N4O4S2. The Morgan fingerprint density at radius 1 is 0.933 bits per heavy atom. The number of benzene rings is 1. The zero-order valence-corrected chi connectivity index (χ0v) is 18.5. The second-order valence-electron chi connectivity index (χ2n) is 7.59. The fourth-order valence-electron chi connectivity index (χ4n) is 3.77. The summed E-state index contributed by atoms with van der Waals surface area (Å²) in [5, 5.41) is 8.37. The fraction of sp³-hybridized carbons (Fsp3) is 0.550. The van der Waals surface area contributed by atoms with Crippen molar-refractivity contribution in [2.75, 3.05) is 31.9 Å². The van der Waals surface area contributed by atoms with Gasteiger partial charge in [0.1, 0.15) is 0 Å². The van der Waals surface area contributed by atoms with Crippen LogP contribution < -0.4 is 0 Å². The first-order valence-corrected chi connectivity index (χ1v) is 12.8. The van der Waals surface area contributed by atoms with Gasteiger partial charge in [0.05, 0.1) is 10.6 Å². The lowest BCUT2D eigenvalue weighted by molar-refractivity contribution is -0.129. The zero-order chi connectivity index (χ0) is 21.0. The summed E-state index contributed by atoms with van der Waals surface area (Å²) in [6.07, 6.45) is 6.18. The lowest BCUT2D eigenvalue weighted by atomic mass is 10.1. The molecule has 2 fully saturated rings. The van der Waals surface area contributed by atoms with Gasteiger partial charge in [-0.25, -0.2) is 8.42 Å². The van der Waals surface area contributed by atoms with Crippen LogP contribution in [0, 0.1) is 0 Å². The normalized spacial score (nSPS) is 18.5. The van der Waals surface area contributed by atoms with E-state index in [2.05, 4.69) is 10.2 Å². The molecule has 0 spiro atoms. The molecule has 0 saturated carbocycles. The van der Waals surface area contributed by atoms with Gasteiger partial charge in [-0.1, -0.05) is 18.2 Å². The van der Waals surface area contributed by atoms with Gasteiger partial charge in [-0.05, 0) is 56.4 Å². The maximum absolute atomic E-state index is 12.8. The molecule has 8 nitrogen and oxygen atoms in total. The summed E-state index contributed by atoms with van der Waals surface area (Å²) in [5.41, 5.74) is 0.648. The third-order valence-corrected chi connectivity index (χ3v) is 8.20. The topological polar surface area (TPSA) is 96.6 Å². The van der Waals surface area contributed by atoms with Gasteiger partial charge in [0.25, 0.3) is 5.22 Å². The molecule has 1 amide bonds. The van der Waals surface area contributed by atoms with Gasteiger partial charge >= 0.3 is 0 Å². The highest BCUT2D eigenvalue weighted by atomic mass is 32.2. The van der Waals surface area contributed by atoms with Gasteiger partial charge in [0.2, 0.25) is 21.8 Å². The van der Waals surface area contributed by atoms with Crippen LogP contribution in [-0.2, 0) is 14.8 Å². The quantitative estimate of drug-likeness (QED) is 0.624. The van der Waals surface area contributed by atoms with E-state index >= 15 is 0 Å². The summed E-state index contributed by atoms with van der Waals surface area (Å²) < 4.78 is 32.7. The fourth-order valence-corrected chi connectivity index (χ4v) is 5.95. The van der Waals surface area contributed by atoms with E-state index in [0.717, 1.165) is 45.2 Å². The number of nitrogens with zero attached hydrogens (tertiary/aromatic N) is 4. The standard InChI is InChI=1S/C20H26N4O4S2/c25-18(23-11-3-1-4-12-23)15-29-20-22-21-19(28-20)16-7-9-17(10-8-16)30(26,27)24-13-5-2-6-14-24/h7-10H,1-6,11-15H2. The van der Waals surface area contributed by atoms with Crippen LogP contribution in [0.2, 0.25) is 0 Å². The van der Waals surface area contributed by atoms with E-state index in [1.54, 1.807) is 28.6 Å². The van der Waals surface area contributed by atoms with Crippen molar-refractivity contribution in [2.24, 2.45) is 0 Å². The average Bonchev–Trinajstić information content (AvgIpc) is 3.28. The molecule has 2 aliphatic heterocycles. The van der Waals surface area contributed by atoms with E-state index in [4.69, 9.17) is 4.42 Å². The molecule has 2 saturated heterocycles. The molecule has 0 unspecified atom stereocenters. The predicted molar refractivity (Wildman–Crippen MR) is 113 cm³/mol. The first kappa shape index (κ1) is 21.3. The first-order chi connectivity index (χ1) is 14.5. The van der Waals surface area contributed by atoms with Gasteiger partial charge < -0.3 is 9.32 Å². The van der Waals surface area contributed by atoms with Crippen LogP contribution >= 0.6 is 11.8 Å². The highest BCUT2D eigenvalue weighted by molar-refractivity contribution is 7.99. The monoisotopic (exact) mass is 450 g/mol. The third kappa shape index (κ3) is 4.87. The molecule has 0 aliphatic carbocycles. The Labute approximate surface area is 181 Å². The van der Waals surface area contributed by atoms with E-state index < -0.39 is 10.0 Å². The number of carbonyl (C=O) groups excluding carboxylic acids is 1. The molecule has 2 aromatic rings. The molecule has 0 atom stereocenters. The summed E-state index contributed by atoms with van der Waals surface area (Å²) in [5.74, 6) is 0.672. The molecule has 162 valence electrons. The second kappa shape index (κ2) is 9.49. The highest BCUT2D eigenvalue weighted by Gasteiger charge is 2.26. The molecule has 0 radical (unpaired) electrons. The number of sulfonamides is 1. The molecule has 0 N–H and O–H groups in total. The summed E-state index contributed by atoms with van der Waals surface area (Å²) >= 11 is 1.23. The average molecular weight is 451 g/mol. The Bertz CT molecular complexity index is 963. The Morgan fingerprint density at radius 2 is 1.57 bits per heavy atom. The van der Waals surface area contributed by atoms with Crippen molar-refractivity contribution in [3.63, 3.8) is 0 Å². The van der Waals surface area contributed by atoms with Crippen LogP contribution in [0.1, 0.15) is 38.5 Å². The van der Waals surface area contributed by atoms with Crippen molar-refractivity contribution in [1.29, 1.82) is 0 Å². The van der Waals surface area contributed by atoms with Crippen molar-refractivity contribution in [2.45, 2.75) is 48.6 Å². The van der Waals surface area contributed by atoms with Crippen LogP contribution in [0.15, 0.2) is 38.8 Å². The van der Waals surface area contributed by atoms with Gasteiger partial charge in [-0.3, -0.25) is 4.79 Å². The molecule has 10 heteroatoms. The second-order valence-corrected chi connectivity index (χ2v) is 10.5. The number of hydrogen-bond donors (Lipinski definition) is 0. The minimum Gasteiger partial charge on any atom is -0.411 e. The Morgan fingerprint density at radius 3 is 2.23 bits per heavy atom. The largest absolute Gasteiger partial charge is 0.411 e. The van der Waals surface area contributed by atoms with Crippen LogP contribution in [-0.4, -0.2) is 65.7 Å². The molecule has 0 bridgehead atoms. The van der Waals surface area contributed by atoms with Crippen molar-refractivity contribution >= 4 is 27.7 Å². The predicted octanol–water partition coefficient (Wildman–Crippen LogP) is 3.02. The maximum Gasteiger partial charge on any atom is 0.277 e. The van der Waals surface area contributed by atoms with Crippen molar-refractivity contribution in [3.8, 4) is 11.5 Å². The number of hydrogen-bond acceptors (Lipinski definition) is 7. The SMILES string of the molecule is O=C(CSc1nnc(-c2ccc(S(=O)(=O)N3CCCCC3)cc2)o1)N1CCCCC1. The van der Waals surface area contributed by atoms with Gasteiger partial charge in [0, 0.05) is 31.7 Å². The Balaban J connectivity index is 1.38. The molecule has 1 aromatic carbocycles. The smallest absolute Gasteiger partial charge is 0.277 e. The summed E-state index contributed by atoms with van der Waals surface area (Å²) in [6, 6.07) is 6.52. The van der Waals surface area contributed by atoms with Crippen LogP contribution in [0.25, 0.3) is 11.5 Å². The molecule has 1 aromatic heterocycles. The van der Waals surface area contributed by atoms with Crippen molar-refractivity contribution in [1.82, 2.24) is 19.4 Å². The summed E-state index contributed by atoms with van der Waals surface area (Å²) in [6.45, 7) is 2.79. The Kier molecular flexibility index (Phi) is 6.74. The number of carbonyl (C=O) groups is 1. The molecule has 4 rings (SSSR count). The number of aromatic nitrogens is 2. The third-order valence-electron chi connectivity index (χ3n) is 5.49. The molecular weight excluding hydrogens is 424 g/mol. The lowest BCUT2D eigenvalue weighted by Crippen LogP contribution is -2.36. The molecule has 30 heavy (non-hydrogen) atoms. The Hall–Kier alpha value is -1.91.